The average Bonchev–Trinajstić information content (AvgIpc) is 2.67. The fraction of sp³-hybridized carbons (Fsp3) is 0.0909. The Balaban J connectivity index is 2.41. The van der Waals surface area contributed by atoms with Crippen LogP contribution >= 0.6 is 0 Å². The molecule has 2 rings (SSSR count). The van der Waals surface area contributed by atoms with Crippen molar-refractivity contribution in [3.63, 3.8) is 0 Å². The maximum absolute atomic E-state index is 10.1. The molecule has 0 fully saturated rings. The SMILES string of the molecule is O=CCC=Cc1cccc2[nH]cnc12. The number of fused-ring (bicyclic) bond motifs is 1. The van der Waals surface area contributed by atoms with Crippen LogP contribution < -0.4 is 0 Å². The molecule has 3 heteroatoms. The van der Waals surface area contributed by atoms with Crippen molar-refractivity contribution in [3.05, 3.63) is 36.2 Å². The minimum Gasteiger partial charge on any atom is -0.345 e. The summed E-state index contributed by atoms with van der Waals surface area (Å²) >= 11 is 0. The fourth-order valence-electron chi connectivity index (χ4n) is 1.37. The summed E-state index contributed by atoms with van der Waals surface area (Å²) in [4.78, 5) is 17.4. The van der Waals surface area contributed by atoms with Crippen molar-refractivity contribution in [3.8, 4) is 0 Å². The fourth-order valence-corrected chi connectivity index (χ4v) is 1.37. The first-order valence-corrected chi connectivity index (χ1v) is 4.44. The molecule has 1 N–H and O–H groups in total. The number of hydrogen-bond acceptors (Lipinski definition) is 2. The zero-order chi connectivity index (χ0) is 9.80. The Kier molecular flexibility index (Phi) is 2.40. The zero-order valence-electron chi connectivity index (χ0n) is 7.60. The first-order valence-electron chi connectivity index (χ1n) is 4.44. The summed E-state index contributed by atoms with van der Waals surface area (Å²) in [5, 5.41) is 0. The number of para-hydroxylation sites is 1. The van der Waals surface area contributed by atoms with E-state index in [1.807, 2.05) is 30.4 Å². The van der Waals surface area contributed by atoms with Crippen molar-refractivity contribution in [2.75, 3.05) is 0 Å². The van der Waals surface area contributed by atoms with E-state index in [0.29, 0.717) is 6.42 Å². The van der Waals surface area contributed by atoms with E-state index in [2.05, 4.69) is 9.97 Å². The van der Waals surface area contributed by atoms with Crippen LogP contribution in [-0.2, 0) is 4.79 Å². The molecule has 0 atom stereocenters. The number of carbonyl (C=O) groups excluding carboxylic acids is 1. The van der Waals surface area contributed by atoms with Gasteiger partial charge in [0.2, 0.25) is 0 Å². The molecule has 1 aromatic heterocycles. The Hall–Kier alpha value is -1.90. The number of allylic oxidation sites excluding steroid dienone is 1. The van der Waals surface area contributed by atoms with Gasteiger partial charge in [-0.3, -0.25) is 0 Å². The van der Waals surface area contributed by atoms with E-state index < -0.39 is 0 Å². The molecule has 0 spiro atoms. The summed E-state index contributed by atoms with van der Waals surface area (Å²) < 4.78 is 0. The van der Waals surface area contributed by atoms with Gasteiger partial charge in [-0.1, -0.05) is 24.3 Å². The number of rotatable bonds is 3. The van der Waals surface area contributed by atoms with Gasteiger partial charge in [-0.05, 0) is 6.07 Å². The van der Waals surface area contributed by atoms with Gasteiger partial charge in [0.1, 0.15) is 6.29 Å². The molecule has 14 heavy (non-hydrogen) atoms. The average molecular weight is 186 g/mol. The molecule has 0 saturated carbocycles. The van der Waals surface area contributed by atoms with Gasteiger partial charge in [0, 0.05) is 12.0 Å². The van der Waals surface area contributed by atoms with E-state index in [1.165, 1.54) is 0 Å². The molecule has 0 unspecified atom stereocenters. The third-order valence-electron chi connectivity index (χ3n) is 2.01. The van der Waals surface area contributed by atoms with E-state index in [4.69, 9.17) is 0 Å². The smallest absolute Gasteiger partial charge is 0.123 e. The molecule has 0 amide bonds. The quantitative estimate of drug-likeness (QED) is 0.746. The van der Waals surface area contributed by atoms with E-state index in [1.54, 1.807) is 6.33 Å². The lowest BCUT2D eigenvalue weighted by atomic mass is 10.1. The maximum atomic E-state index is 10.1. The molecule has 0 aliphatic rings. The summed E-state index contributed by atoms with van der Waals surface area (Å²) in [7, 11) is 0. The van der Waals surface area contributed by atoms with Crippen molar-refractivity contribution in [2.45, 2.75) is 6.42 Å². The van der Waals surface area contributed by atoms with Gasteiger partial charge < -0.3 is 9.78 Å². The highest BCUT2D eigenvalue weighted by Crippen LogP contribution is 2.15. The molecule has 1 aromatic carbocycles. The van der Waals surface area contributed by atoms with Gasteiger partial charge >= 0.3 is 0 Å². The second kappa shape index (κ2) is 3.87. The van der Waals surface area contributed by atoms with Gasteiger partial charge in [-0.15, -0.1) is 0 Å². The van der Waals surface area contributed by atoms with Crippen molar-refractivity contribution in [2.24, 2.45) is 0 Å². The Morgan fingerprint density at radius 1 is 1.43 bits per heavy atom. The Morgan fingerprint density at radius 2 is 2.36 bits per heavy atom. The summed E-state index contributed by atoms with van der Waals surface area (Å²) in [6, 6.07) is 5.91. The van der Waals surface area contributed by atoms with Crippen molar-refractivity contribution in [1.82, 2.24) is 9.97 Å². The third kappa shape index (κ3) is 1.57. The summed E-state index contributed by atoms with van der Waals surface area (Å²) in [6.45, 7) is 0. The van der Waals surface area contributed by atoms with Crippen LogP contribution in [0, 0.1) is 0 Å². The van der Waals surface area contributed by atoms with E-state index >= 15 is 0 Å². The second-order valence-electron chi connectivity index (χ2n) is 2.95. The van der Waals surface area contributed by atoms with Crippen molar-refractivity contribution < 1.29 is 4.79 Å². The van der Waals surface area contributed by atoms with E-state index in [-0.39, 0.29) is 0 Å². The number of nitrogens with one attached hydrogen (secondary N) is 1. The first-order chi connectivity index (χ1) is 6.92. The van der Waals surface area contributed by atoms with Crippen molar-refractivity contribution >= 4 is 23.4 Å². The largest absolute Gasteiger partial charge is 0.345 e. The summed E-state index contributed by atoms with van der Waals surface area (Å²) in [5.74, 6) is 0. The Labute approximate surface area is 81.5 Å². The van der Waals surface area contributed by atoms with Gasteiger partial charge in [0.05, 0.1) is 17.4 Å². The highest BCUT2D eigenvalue weighted by atomic mass is 16.1. The molecule has 0 aliphatic heterocycles. The highest BCUT2D eigenvalue weighted by Gasteiger charge is 1.98. The van der Waals surface area contributed by atoms with Crippen molar-refractivity contribution in [1.29, 1.82) is 0 Å². The monoisotopic (exact) mass is 186 g/mol. The minimum absolute atomic E-state index is 0.445. The second-order valence-corrected chi connectivity index (χ2v) is 2.95. The van der Waals surface area contributed by atoms with Crippen LogP contribution in [0.25, 0.3) is 17.1 Å². The molecule has 1 heterocycles. The van der Waals surface area contributed by atoms with Crippen LogP contribution in [0.1, 0.15) is 12.0 Å². The lowest BCUT2D eigenvalue weighted by Crippen LogP contribution is -1.76. The van der Waals surface area contributed by atoms with Gasteiger partial charge in [-0.25, -0.2) is 4.98 Å². The molecule has 2 aromatic rings. The zero-order valence-corrected chi connectivity index (χ0v) is 7.60. The molecule has 70 valence electrons. The Bertz CT molecular complexity index is 471. The molecular formula is C11H10N2O. The lowest BCUT2D eigenvalue weighted by Gasteiger charge is -1.93. The summed E-state index contributed by atoms with van der Waals surface area (Å²) in [6.07, 6.45) is 6.73. The number of aromatic amines is 1. The molecule has 0 bridgehead atoms. The topological polar surface area (TPSA) is 45.8 Å². The van der Waals surface area contributed by atoms with E-state index in [0.717, 1.165) is 22.9 Å². The first kappa shape index (κ1) is 8.69. The van der Waals surface area contributed by atoms with Crippen LogP contribution in [0.2, 0.25) is 0 Å². The van der Waals surface area contributed by atoms with Crippen LogP contribution in [0.5, 0.6) is 0 Å². The third-order valence-corrected chi connectivity index (χ3v) is 2.01. The molecule has 0 saturated heterocycles. The molecule has 0 radical (unpaired) electrons. The van der Waals surface area contributed by atoms with Crippen LogP contribution in [0.4, 0.5) is 0 Å². The van der Waals surface area contributed by atoms with E-state index in [9.17, 15) is 4.79 Å². The highest BCUT2D eigenvalue weighted by molar-refractivity contribution is 5.84. The number of aldehydes is 1. The van der Waals surface area contributed by atoms with Crippen LogP contribution in [0.3, 0.4) is 0 Å². The summed E-state index contributed by atoms with van der Waals surface area (Å²) in [5.41, 5.74) is 2.98. The number of imidazole rings is 1. The number of aromatic nitrogens is 2. The molecule has 0 aliphatic carbocycles. The number of carbonyl (C=O) groups is 1. The number of nitrogens with zero attached hydrogens (tertiary/aromatic N) is 1. The van der Waals surface area contributed by atoms with Gasteiger partial charge in [0.25, 0.3) is 0 Å². The maximum Gasteiger partial charge on any atom is 0.123 e. The van der Waals surface area contributed by atoms with Gasteiger partial charge in [-0.2, -0.15) is 0 Å². The Morgan fingerprint density at radius 3 is 3.21 bits per heavy atom. The normalized spacial score (nSPS) is 11.1. The number of hydrogen-bond donors (Lipinski definition) is 1. The van der Waals surface area contributed by atoms with Gasteiger partial charge in [0.15, 0.2) is 0 Å². The predicted molar refractivity (Wildman–Crippen MR) is 55.8 cm³/mol. The standard InChI is InChI=1S/C11H10N2O/c14-7-2-1-4-9-5-3-6-10-11(9)13-8-12-10/h1,3-8H,2H2,(H,12,13). The molecular weight excluding hydrogens is 176 g/mol. The number of H-pyrrole nitrogens is 1. The number of benzene rings is 1. The van der Waals surface area contributed by atoms with Crippen LogP contribution in [-0.4, -0.2) is 16.3 Å². The molecule has 3 nitrogen and oxygen atoms in total. The lowest BCUT2D eigenvalue weighted by molar-refractivity contribution is -0.107. The minimum atomic E-state index is 0.445. The van der Waals surface area contributed by atoms with Crippen LogP contribution in [0.15, 0.2) is 30.6 Å². The predicted octanol–water partition coefficient (Wildman–Crippen LogP) is 2.17.